The first-order valence-electron chi connectivity index (χ1n) is 9.87. The summed E-state index contributed by atoms with van der Waals surface area (Å²) in [5.41, 5.74) is 4.07. The second kappa shape index (κ2) is 9.76. The minimum Gasteiger partial charge on any atom is -0.469 e. The van der Waals surface area contributed by atoms with Crippen molar-refractivity contribution in [3.63, 3.8) is 0 Å². The lowest BCUT2D eigenvalue weighted by Crippen LogP contribution is -2.06. The zero-order chi connectivity index (χ0) is 22.8. The van der Waals surface area contributed by atoms with E-state index in [2.05, 4.69) is 24.3 Å². The van der Waals surface area contributed by atoms with Gasteiger partial charge in [-0.2, -0.15) is 0 Å². The van der Waals surface area contributed by atoms with Crippen LogP contribution < -0.4 is 0 Å². The molecule has 0 aromatic heterocycles. The van der Waals surface area contributed by atoms with E-state index in [9.17, 15) is 4.79 Å². The molecule has 0 saturated heterocycles. The normalized spacial score (nSPS) is 11.0. The van der Waals surface area contributed by atoms with Gasteiger partial charge in [0.15, 0.2) is 0 Å². The smallest absolute Gasteiger partial charge is 0.309 e. The van der Waals surface area contributed by atoms with Gasteiger partial charge >= 0.3 is 5.97 Å². The van der Waals surface area contributed by atoms with Crippen LogP contribution in [0.25, 0.3) is 21.9 Å². The second-order valence-electron chi connectivity index (χ2n) is 7.36. The van der Waals surface area contributed by atoms with Crippen molar-refractivity contribution >= 4 is 63.3 Å². The van der Waals surface area contributed by atoms with E-state index < -0.39 is 0 Å². The summed E-state index contributed by atoms with van der Waals surface area (Å²) >= 11 is 20.3. The number of benzene rings is 4. The minimum absolute atomic E-state index is 0.217. The number of methoxy groups -OCH3 is 1. The Hall–Kier alpha value is -2.17. The van der Waals surface area contributed by atoms with Crippen molar-refractivity contribution in [2.75, 3.05) is 7.11 Å². The molecular weight excluding hydrogens is 483 g/mol. The fourth-order valence-electron chi connectivity index (χ4n) is 3.68. The summed E-state index contributed by atoms with van der Waals surface area (Å²) in [6, 6.07) is 21.5. The highest BCUT2D eigenvalue weighted by Crippen LogP contribution is 2.39. The maximum Gasteiger partial charge on any atom is 0.309 e. The number of hydrogen-bond donors (Lipinski definition) is 0. The average molecular weight is 502 g/mol. The van der Waals surface area contributed by atoms with E-state index in [0.717, 1.165) is 42.8 Å². The third-order valence-corrected chi connectivity index (χ3v) is 7.27. The van der Waals surface area contributed by atoms with Gasteiger partial charge in [0, 0.05) is 19.8 Å². The van der Waals surface area contributed by atoms with Gasteiger partial charge in [-0.3, -0.25) is 4.79 Å². The Morgan fingerprint density at radius 3 is 2.31 bits per heavy atom. The largest absolute Gasteiger partial charge is 0.469 e. The van der Waals surface area contributed by atoms with E-state index in [0.29, 0.717) is 15.1 Å². The molecule has 0 radical (unpaired) electrons. The molecule has 0 atom stereocenters. The first-order chi connectivity index (χ1) is 15.4. The fourth-order valence-corrected chi connectivity index (χ4v) is 5.20. The third-order valence-electron chi connectivity index (χ3n) is 5.30. The monoisotopic (exact) mass is 500 g/mol. The zero-order valence-corrected chi connectivity index (χ0v) is 20.5. The minimum atomic E-state index is -0.266. The summed E-state index contributed by atoms with van der Waals surface area (Å²) in [5, 5.41) is 4.05. The first kappa shape index (κ1) is 23.0. The van der Waals surface area contributed by atoms with Gasteiger partial charge in [-0.15, -0.1) is 0 Å². The molecule has 4 aromatic carbocycles. The van der Waals surface area contributed by atoms with Crippen molar-refractivity contribution in [1.29, 1.82) is 0 Å². The molecule has 0 saturated carbocycles. The van der Waals surface area contributed by atoms with E-state index in [1.807, 2.05) is 37.3 Å². The van der Waals surface area contributed by atoms with Crippen molar-refractivity contribution in [1.82, 2.24) is 0 Å². The lowest BCUT2D eigenvalue weighted by molar-refractivity contribution is -0.139. The van der Waals surface area contributed by atoms with Crippen LogP contribution in [0.3, 0.4) is 0 Å². The molecule has 0 spiro atoms. The highest BCUT2D eigenvalue weighted by Gasteiger charge is 2.15. The van der Waals surface area contributed by atoms with E-state index in [1.165, 1.54) is 7.11 Å². The SMILES string of the molecule is COC(=O)Cc1cc2ccc(Cl)cc2c(-c2ccc(Sc3cc(Cl)ccc3Cl)cc2)c1C. The van der Waals surface area contributed by atoms with Gasteiger partial charge < -0.3 is 4.74 Å². The predicted octanol–water partition coefficient (Wildman–Crippen LogP) is 8.64. The molecule has 0 fully saturated rings. The molecule has 6 heteroatoms. The van der Waals surface area contributed by atoms with Crippen molar-refractivity contribution < 1.29 is 9.53 Å². The van der Waals surface area contributed by atoms with Crippen LogP contribution >= 0.6 is 46.6 Å². The summed E-state index contributed by atoms with van der Waals surface area (Å²) in [7, 11) is 1.40. The summed E-state index contributed by atoms with van der Waals surface area (Å²) in [5.74, 6) is -0.266. The average Bonchev–Trinajstić information content (AvgIpc) is 2.78. The van der Waals surface area contributed by atoms with Gasteiger partial charge in [0.25, 0.3) is 0 Å². The molecule has 2 nitrogen and oxygen atoms in total. The molecule has 4 rings (SSSR count). The molecule has 0 aliphatic rings. The summed E-state index contributed by atoms with van der Waals surface area (Å²) in [6.45, 7) is 2.03. The van der Waals surface area contributed by atoms with E-state index in [1.54, 1.807) is 23.9 Å². The first-order valence-corrected chi connectivity index (χ1v) is 11.8. The van der Waals surface area contributed by atoms with E-state index in [4.69, 9.17) is 39.5 Å². The van der Waals surface area contributed by atoms with Crippen LogP contribution in [0, 0.1) is 6.92 Å². The Morgan fingerprint density at radius 2 is 1.59 bits per heavy atom. The van der Waals surface area contributed by atoms with Crippen LogP contribution in [0.5, 0.6) is 0 Å². The van der Waals surface area contributed by atoms with E-state index in [-0.39, 0.29) is 12.4 Å². The molecule has 0 N–H and O–H groups in total. The Labute approximate surface area is 206 Å². The van der Waals surface area contributed by atoms with E-state index >= 15 is 0 Å². The van der Waals surface area contributed by atoms with Crippen molar-refractivity contribution in [2.24, 2.45) is 0 Å². The van der Waals surface area contributed by atoms with Gasteiger partial charge in [-0.05, 0) is 82.4 Å². The standard InChI is InChI=1S/C26H19Cl3O2S/c1-15-18(12-25(30)31-2)11-17-3-6-19(27)13-22(17)26(15)16-4-8-21(9-5-16)32-24-14-20(28)7-10-23(24)29/h3-11,13-14H,12H2,1-2H3. The zero-order valence-electron chi connectivity index (χ0n) is 17.4. The number of carbonyl (C=O) groups excluding carboxylic acids is 1. The Bertz CT molecular complexity index is 1320. The van der Waals surface area contributed by atoms with Crippen LogP contribution in [0.2, 0.25) is 15.1 Å². The predicted molar refractivity (Wildman–Crippen MR) is 135 cm³/mol. The van der Waals surface area contributed by atoms with Gasteiger partial charge in [0.1, 0.15) is 0 Å². The molecule has 0 aliphatic carbocycles. The highest BCUT2D eigenvalue weighted by molar-refractivity contribution is 7.99. The third kappa shape index (κ3) is 4.92. The molecular formula is C26H19Cl3O2S. The summed E-state index contributed by atoms with van der Waals surface area (Å²) in [4.78, 5) is 13.9. The maximum absolute atomic E-state index is 12.0. The van der Waals surface area contributed by atoms with Gasteiger partial charge in [0.05, 0.1) is 18.6 Å². The number of rotatable bonds is 5. The van der Waals surface area contributed by atoms with Crippen LogP contribution in [0.4, 0.5) is 0 Å². The molecule has 0 aliphatic heterocycles. The maximum atomic E-state index is 12.0. The number of fused-ring (bicyclic) bond motifs is 1. The van der Waals surface area contributed by atoms with Crippen LogP contribution in [-0.2, 0) is 16.0 Å². The van der Waals surface area contributed by atoms with Gasteiger partial charge in [0.2, 0.25) is 0 Å². The van der Waals surface area contributed by atoms with Crippen LogP contribution in [0.1, 0.15) is 11.1 Å². The van der Waals surface area contributed by atoms with Crippen molar-refractivity contribution in [3.05, 3.63) is 92.9 Å². The Morgan fingerprint density at radius 1 is 0.906 bits per heavy atom. The molecule has 162 valence electrons. The number of carbonyl (C=O) groups is 1. The van der Waals surface area contributed by atoms with Crippen LogP contribution in [-0.4, -0.2) is 13.1 Å². The highest BCUT2D eigenvalue weighted by atomic mass is 35.5. The van der Waals surface area contributed by atoms with Crippen LogP contribution in [0.15, 0.2) is 76.5 Å². The Balaban J connectivity index is 1.78. The van der Waals surface area contributed by atoms with Gasteiger partial charge in [-0.25, -0.2) is 0 Å². The lowest BCUT2D eigenvalue weighted by Gasteiger charge is -2.16. The Kier molecular flexibility index (Phi) is 7.02. The number of ether oxygens (including phenoxy) is 1. The molecule has 0 unspecified atom stereocenters. The molecule has 32 heavy (non-hydrogen) atoms. The van der Waals surface area contributed by atoms with Crippen molar-refractivity contribution in [3.8, 4) is 11.1 Å². The number of hydrogen-bond acceptors (Lipinski definition) is 3. The number of halogens is 3. The number of esters is 1. The topological polar surface area (TPSA) is 26.3 Å². The molecule has 4 aromatic rings. The fraction of sp³-hybridized carbons (Fsp3) is 0.115. The van der Waals surface area contributed by atoms with Crippen molar-refractivity contribution in [2.45, 2.75) is 23.1 Å². The molecule has 0 heterocycles. The molecule has 0 amide bonds. The quantitative estimate of drug-likeness (QED) is 0.256. The summed E-state index contributed by atoms with van der Waals surface area (Å²) < 4.78 is 4.89. The lowest BCUT2D eigenvalue weighted by atomic mass is 9.89. The van der Waals surface area contributed by atoms with Gasteiger partial charge in [-0.1, -0.05) is 70.8 Å². The summed E-state index contributed by atoms with van der Waals surface area (Å²) in [6.07, 6.45) is 0.217. The second-order valence-corrected chi connectivity index (χ2v) is 9.75. The molecule has 0 bridgehead atoms.